The minimum atomic E-state index is 0.0145. The van der Waals surface area contributed by atoms with Crippen LogP contribution in [0.1, 0.15) is 11.1 Å². The van der Waals surface area contributed by atoms with Gasteiger partial charge in [-0.15, -0.1) is 0 Å². The normalized spacial score (nSPS) is 17.7. The van der Waals surface area contributed by atoms with Gasteiger partial charge >= 0.3 is 0 Å². The van der Waals surface area contributed by atoms with Crippen molar-refractivity contribution in [3.05, 3.63) is 47.5 Å². The van der Waals surface area contributed by atoms with E-state index < -0.39 is 0 Å². The van der Waals surface area contributed by atoms with Crippen LogP contribution >= 0.6 is 0 Å². The van der Waals surface area contributed by atoms with Gasteiger partial charge in [-0.1, -0.05) is 18.2 Å². The van der Waals surface area contributed by atoms with Crippen molar-refractivity contribution in [1.29, 1.82) is 0 Å². The minimum absolute atomic E-state index is 0.0145. The van der Waals surface area contributed by atoms with Crippen LogP contribution in [-0.2, 0) is 20.9 Å². The van der Waals surface area contributed by atoms with Crippen LogP contribution < -0.4 is 9.64 Å². The summed E-state index contributed by atoms with van der Waals surface area (Å²) < 4.78 is 16.4. The van der Waals surface area contributed by atoms with Gasteiger partial charge in [0.1, 0.15) is 12.4 Å². The first-order valence-electron chi connectivity index (χ1n) is 10.1. The lowest BCUT2D eigenvalue weighted by molar-refractivity contribution is -0.123. The molecule has 0 N–H and O–H groups in total. The van der Waals surface area contributed by atoms with Crippen molar-refractivity contribution < 1.29 is 19.0 Å². The second-order valence-electron chi connectivity index (χ2n) is 7.52. The second-order valence-corrected chi connectivity index (χ2v) is 7.52. The molecule has 0 aliphatic carbocycles. The van der Waals surface area contributed by atoms with E-state index in [2.05, 4.69) is 36.1 Å². The van der Waals surface area contributed by atoms with Crippen LogP contribution in [0.5, 0.6) is 5.75 Å². The number of carbonyl (C=O) groups is 1. The molecule has 6 nitrogen and oxygen atoms in total. The Morgan fingerprint density at radius 1 is 1.00 bits per heavy atom. The van der Waals surface area contributed by atoms with E-state index in [1.807, 2.05) is 17.0 Å². The Bertz CT molecular complexity index is 877. The molecule has 4 rings (SSSR count). The Labute approximate surface area is 172 Å². The van der Waals surface area contributed by atoms with E-state index in [9.17, 15) is 4.79 Å². The largest absolute Gasteiger partial charge is 0.497 e. The quantitative estimate of drug-likeness (QED) is 0.778. The number of aryl methyl sites for hydroxylation is 1. The summed E-state index contributed by atoms with van der Waals surface area (Å²) in [5.41, 5.74) is 5.37. The highest BCUT2D eigenvalue weighted by Gasteiger charge is 2.24. The molecule has 154 valence electrons. The maximum Gasteiger partial charge on any atom is 0.253 e. The van der Waals surface area contributed by atoms with E-state index in [0.29, 0.717) is 13.2 Å². The number of carbonyl (C=O) groups excluding carboxylic acids is 1. The molecule has 0 spiro atoms. The average molecular weight is 396 g/mol. The number of nitrogens with zero attached hydrogens (tertiary/aromatic N) is 2. The first-order valence-corrected chi connectivity index (χ1v) is 10.1. The SMILES string of the molecule is COc1ccc(-c2ccc3c(c2)N(CCN2CCOCC2)C(=O)COC3)c(C)c1. The molecule has 0 saturated carbocycles. The zero-order chi connectivity index (χ0) is 20.2. The van der Waals surface area contributed by atoms with Gasteiger partial charge in [0, 0.05) is 37.4 Å². The van der Waals surface area contributed by atoms with Crippen molar-refractivity contribution >= 4 is 11.6 Å². The number of benzene rings is 2. The number of ether oxygens (including phenoxy) is 3. The Kier molecular flexibility index (Phi) is 6.13. The van der Waals surface area contributed by atoms with Gasteiger partial charge in [0.05, 0.1) is 26.9 Å². The summed E-state index contributed by atoms with van der Waals surface area (Å²) in [6.07, 6.45) is 0. The molecule has 0 atom stereocenters. The molecule has 1 amide bonds. The van der Waals surface area contributed by atoms with Crippen LogP contribution in [0, 0.1) is 6.92 Å². The summed E-state index contributed by atoms with van der Waals surface area (Å²) in [6.45, 7) is 7.48. The lowest BCUT2D eigenvalue weighted by Gasteiger charge is -2.30. The summed E-state index contributed by atoms with van der Waals surface area (Å²) in [5, 5.41) is 0. The first kappa shape index (κ1) is 19.9. The molecule has 1 fully saturated rings. The van der Waals surface area contributed by atoms with E-state index in [1.165, 1.54) is 0 Å². The summed E-state index contributed by atoms with van der Waals surface area (Å²) in [6, 6.07) is 12.4. The van der Waals surface area contributed by atoms with Gasteiger partial charge in [0.25, 0.3) is 5.91 Å². The molecule has 0 bridgehead atoms. The molecule has 0 unspecified atom stereocenters. The number of morpholine rings is 1. The van der Waals surface area contributed by atoms with E-state index in [1.54, 1.807) is 7.11 Å². The molecule has 2 aliphatic rings. The Hall–Kier alpha value is -2.41. The number of fused-ring (bicyclic) bond motifs is 1. The molecule has 1 saturated heterocycles. The third-order valence-corrected chi connectivity index (χ3v) is 5.65. The standard InChI is InChI=1S/C23H28N2O4/c1-17-13-20(27-2)5-6-21(17)18-3-4-19-15-29-16-23(26)25(22(19)14-18)8-7-24-9-11-28-12-10-24/h3-6,13-14H,7-12,15-16H2,1-2H3. The monoisotopic (exact) mass is 396 g/mol. The molecular formula is C23H28N2O4. The Morgan fingerprint density at radius 3 is 2.59 bits per heavy atom. The molecule has 2 aromatic rings. The van der Waals surface area contributed by atoms with Crippen LogP contribution in [0.3, 0.4) is 0 Å². The Balaban J connectivity index is 1.63. The van der Waals surface area contributed by atoms with Gasteiger partial charge in [0.2, 0.25) is 0 Å². The number of rotatable bonds is 5. The van der Waals surface area contributed by atoms with Gasteiger partial charge < -0.3 is 19.1 Å². The summed E-state index contributed by atoms with van der Waals surface area (Å²) in [5.74, 6) is 0.859. The first-order chi connectivity index (χ1) is 14.2. The molecule has 6 heteroatoms. The fourth-order valence-corrected chi connectivity index (χ4v) is 3.96. The predicted octanol–water partition coefficient (Wildman–Crippen LogP) is 2.87. The van der Waals surface area contributed by atoms with Crippen LogP contribution in [0.2, 0.25) is 0 Å². The van der Waals surface area contributed by atoms with Crippen LogP contribution in [0.4, 0.5) is 5.69 Å². The van der Waals surface area contributed by atoms with Crippen molar-refractivity contribution in [1.82, 2.24) is 4.90 Å². The van der Waals surface area contributed by atoms with Crippen LogP contribution in [0.15, 0.2) is 36.4 Å². The van der Waals surface area contributed by atoms with E-state index in [0.717, 1.165) is 66.5 Å². The fourth-order valence-electron chi connectivity index (χ4n) is 3.96. The zero-order valence-electron chi connectivity index (χ0n) is 17.1. The molecule has 2 aromatic carbocycles. The number of hydrogen-bond donors (Lipinski definition) is 0. The van der Waals surface area contributed by atoms with Gasteiger partial charge in [-0.05, 0) is 41.8 Å². The van der Waals surface area contributed by atoms with Crippen molar-refractivity contribution in [3.8, 4) is 16.9 Å². The summed E-state index contributed by atoms with van der Waals surface area (Å²) in [4.78, 5) is 17.0. The fraction of sp³-hybridized carbons (Fsp3) is 0.435. The highest BCUT2D eigenvalue weighted by Crippen LogP contribution is 2.33. The highest BCUT2D eigenvalue weighted by molar-refractivity contribution is 5.96. The smallest absolute Gasteiger partial charge is 0.253 e. The minimum Gasteiger partial charge on any atom is -0.497 e. The maximum absolute atomic E-state index is 12.8. The maximum atomic E-state index is 12.8. The molecule has 2 aliphatic heterocycles. The molecule has 0 radical (unpaired) electrons. The molecule has 2 heterocycles. The van der Waals surface area contributed by atoms with Gasteiger partial charge in [0.15, 0.2) is 0 Å². The second kappa shape index (κ2) is 8.95. The predicted molar refractivity (Wildman–Crippen MR) is 112 cm³/mol. The van der Waals surface area contributed by atoms with Crippen molar-refractivity contribution in [2.24, 2.45) is 0 Å². The van der Waals surface area contributed by atoms with Crippen LogP contribution in [0.25, 0.3) is 11.1 Å². The van der Waals surface area contributed by atoms with E-state index >= 15 is 0 Å². The van der Waals surface area contributed by atoms with Crippen molar-refractivity contribution in [2.75, 3.05) is 58.0 Å². The number of anilines is 1. The average Bonchev–Trinajstić information content (AvgIpc) is 2.90. The Morgan fingerprint density at radius 2 is 1.83 bits per heavy atom. The molecule has 0 aromatic heterocycles. The van der Waals surface area contributed by atoms with E-state index in [-0.39, 0.29) is 12.5 Å². The lowest BCUT2D eigenvalue weighted by atomic mass is 9.98. The highest BCUT2D eigenvalue weighted by atomic mass is 16.5. The van der Waals surface area contributed by atoms with Gasteiger partial charge in [-0.3, -0.25) is 9.69 Å². The third-order valence-electron chi connectivity index (χ3n) is 5.65. The topological polar surface area (TPSA) is 51.2 Å². The van der Waals surface area contributed by atoms with Crippen LogP contribution in [-0.4, -0.2) is 63.9 Å². The number of hydrogen-bond acceptors (Lipinski definition) is 5. The lowest BCUT2D eigenvalue weighted by Crippen LogP contribution is -2.43. The van der Waals surface area contributed by atoms with Crippen molar-refractivity contribution in [2.45, 2.75) is 13.5 Å². The summed E-state index contributed by atoms with van der Waals surface area (Å²) in [7, 11) is 1.68. The third kappa shape index (κ3) is 4.45. The number of methoxy groups -OCH3 is 1. The van der Waals surface area contributed by atoms with Crippen molar-refractivity contribution in [3.63, 3.8) is 0 Å². The number of amides is 1. The summed E-state index contributed by atoms with van der Waals surface area (Å²) >= 11 is 0. The molecular weight excluding hydrogens is 368 g/mol. The van der Waals surface area contributed by atoms with Gasteiger partial charge in [-0.25, -0.2) is 0 Å². The van der Waals surface area contributed by atoms with Gasteiger partial charge in [-0.2, -0.15) is 0 Å². The van der Waals surface area contributed by atoms with E-state index in [4.69, 9.17) is 14.2 Å². The molecule has 29 heavy (non-hydrogen) atoms. The zero-order valence-corrected chi connectivity index (χ0v) is 17.1.